The molecule has 0 fully saturated rings. The topological polar surface area (TPSA) is 28.7 Å². The predicted molar refractivity (Wildman–Crippen MR) is 47.2 cm³/mol. The van der Waals surface area contributed by atoms with Gasteiger partial charge in [-0.2, -0.15) is 5.10 Å². The molecule has 1 heterocycles. The molecule has 2 nitrogen and oxygen atoms in total. The maximum absolute atomic E-state index is 4.13. The summed E-state index contributed by atoms with van der Waals surface area (Å²) in [6, 6.07) is 0. The molecule has 10 heavy (non-hydrogen) atoms. The number of nitrogens with zero attached hydrogens (tertiary/aromatic N) is 1. The molecule has 0 aliphatic rings. The zero-order valence-corrected chi connectivity index (χ0v) is 7.79. The van der Waals surface area contributed by atoms with E-state index in [-0.39, 0.29) is 10.9 Å². The van der Waals surface area contributed by atoms with Gasteiger partial charge in [0.05, 0.1) is 5.69 Å². The molecule has 0 unspecified atom stereocenters. The fourth-order valence-corrected chi connectivity index (χ4v) is 2.62. The smallest absolute Gasteiger partial charge is 0.0712 e. The van der Waals surface area contributed by atoms with E-state index in [4.69, 9.17) is 0 Å². The Hall–Kier alpha value is -0.440. The number of H-pyrrole nitrogens is 1. The predicted octanol–water partition coefficient (Wildman–Crippen LogP) is 1.65. The third-order valence-corrected chi connectivity index (χ3v) is 3.09. The molecular formula is C7H14N2S. The van der Waals surface area contributed by atoms with Crippen LogP contribution in [0.3, 0.4) is 0 Å². The molecule has 1 aromatic rings. The van der Waals surface area contributed by atoms with E-state index in [0.717, 1.165) is 5.69 Å². The van der Waals surface area contributed by atoms with Gasteiger partial charge < -0.3 is 0 Å². The van der Waals surface area contributed by atoms with Crippen LogP contribution in [0.4, 0.5) is 0 Å². The van der Waals surface area contributed by atoms with E-state index >= 15 is 0 Å². The summed E-state index contributed by atoms with van der Waals surface area (Å²) < 4.78 is 0. The molecule has 1 N–H and O–H groups in total. The van der Waals surface area contributed by atoms with Crippen LogP contribution < -0.4 is 0 Å². The standard InChI is InChI=1S/C7H14N2S/c1-5-7(10(3)4)6(2)9-8-5/h10H,1-4H3,(H,8,9). The second-order valence-corrected chi connectivity index (χ2v) is 4.91. The van der Waals surface area contributed by atoms with Gasteiger partial charge in [0.15, 0.2) is 0 Å². The zero-order chi connectivity index (χ0) is 7.72. The van der Waals surface area contributed by atoms with Gasteiger partial charge in [-0.05, 0) is 26.4 Å². The lowest BCUT2D eigenvalue weighted by atomic mass is 10.4. The van der Waals surface area contributed by atoms with Gasteiger partial charge in [-0.25, -0.2) is 10.9 Å². The van der Waals surface area contributed by atoms with Crippen molar-refractivity contribution in [2.24, 2.45) is 0 Å². The largest absolute Gasteiger partial charge is 0.281 e. The van der Waals surface area contributed by atoms with Crippen molar-refractivity contribution in [2.75, 3.05) is 12.5 Å². The summed E-state index contributed by atoms with van der Waals surface area (Å²) in [5, 5.41) is 7.11. The van der Waals surface area contributed by atoms with Gasteiger partial charge in [-0.15, -0.1) is 0 Å². The van der Waals surface area contributed by atoms with Gasteiger partial charge in [0, 0.05) is 10.6 Å². The molecule has 0 saturated carbocycles. The minimum absolute atomic E-state index is 0.00604. The lowest BCUT2D eigenvalue weighted by Gasteiger charge is -2.07. The highest BCUT2D eigenvalue weighted by Gasteiger charge is 2.06. The van der Waals surface area contributed by atoms with Gasteiger partial charge in [0.25, 0.3) is 0 Å². The fraction of sp³-hybridized carbons (Fsp3) is 0.571. The molecule has 0 aliphatic heterocycles. The second-order valence-electron chi connectivity index (χ2n) is 2.68. The summed E-state index contributed by atoms with van der Waals surface area (Å²) in [5.41, 5.74) is 2.39. The summed E-state index contributed by atoms with van der Waals surface area (Å²) in [6.07, 6.45) is 4.50. The first-order chi connectivity index (χ1) is 4.63. The molecule has 1 aromatic heterocycles. The zero-order valence-electron chi connectivity index (χ0n) is 6.89. The summed E-state index contributed by atoms with van der Waals surface area (Å²) >= 11 is 0. The lowest BCUT2D eigenvalue weighted by Crippen LogP contribution is -1.81. The van der Waals surface area contributed by atoms with Crippen LogP contribution in [-0.2, 0) is 0 Å². The van der Waals surface area contributed by atoms with Crippen molar-refractivity contribution in [3.05, 3.63) is 11.4 Å². The first kappa shape index (κ1) is 7.66. The van der Waals surface area contributed by atoms with Crippen molar-refractivity contribution in [1.29, 1.82) is 0 Å². The molecular weight excluding hydrogens is 144 g/mol. The normalized spacial score (nSPS) is 11.8. The van der Waals surface area contributed by atoms with E-state index in [1.807, 2.05) is 0 Å². The number of hydrogen-bond acceptors (Lipinski definition) is 1. The van der Waals surface area contributed by atoms with E-state index < -0.39 is 0 Å². The SMILES string of the molecule is Cc1n[nH]c(C)c1[SH](C)C. The van der Waals surface area contributed by atoms with Crippen molar-refractivity contribution in [2.45, 2.75) is 18.7 Å². The number of aromatic amines is 1. The Labute approximate surface area is 64.4 Å². The van der Waals surface area contributed by atoms with Crippen LogP contribution in [0.2, 0.25) is 0 Å². The number of nitrogens with one attached hydrogen (secondary N) is 1. The third-order valence-electron chi connectivity index (χ3n) is 1.54. The Bertz CT molecular complexity index is 208. The Morgan fingerprint density at radius 3 is 2.10 bits per heavy atom. The molecule has 1 rings (SSSR count). The van der Waals surface area contributed by atoms with Gasteiger partial charge in [-0.1, -0.05) is 0 Å². The average Bonchev–Trinajstić information content (AvgIpc) is 2.11. The van der Waals surface area contributed by atoms with Crippen molar-refractivity contribution >= 4 is 10.9 Å². The minimum Gasteiger partial charge on any atom is -0.281 e. The number of hydrogen-bond donors (Lipinski definition) is 2. The summed E-state index contributed by atoms with van der Waals surface area (Å²) in [5.74, 6) is 0. The quantitative estimate of drug-likeness (QED) is 0.598. The Morgan fingerprint density at radius 1 is 1.30 bits per heavy atom. The van der Waals surface area contributed by atoms with Crippen LogP contribution in [0, 0.1) is 13.8 Å². The van der Waals surface area contributed by atoms with Crippen molar-refractivity contribution in [1.82, 2.24) is 10.2 Å². The average molecular weight is 158 g/mol. The monoisotopic (exact) mass is 158 g/mol. The van der Waals surface area contributed by atoms with Crippen molar-refractivity contribution in [3.8, 4) is 0 Å². The molecule has 0 spiro atoms. The van der Waals surface area contributed by atoms with Crippen molar-refractivity contribution < 1.29 is 0 Å². The minimum atomic E-state index is 0.00604. The number of aromatic nitrogens is 2. The lowest BCUT2D eigenvalue weighted by molar-refractivity contribution is 1.02. The van der Waals surface area contributed by atoms with E-state index in [9.17, 15) is 0 Å². The molecule has 0 amide bonds. The number of thiol groups is 1. The van der Waals surface area contributed by atoms with Crippen LogP contribution in [-0.4, -0.2) is 22.7 Å². The molecule has 58 valence electrons. The Kier molecular flexibility index (Phi) is 2.04. The highest BCUT2D eigenvalue weighted by molar-refractivity contribution is 8.15. The summed E-state index contributed by atoms with van der Waals surface area (Å²) in [6.45, 7) is 4.14. The van der Waals surface area contributed by atoms with Crippen LogP contribution in [0.1, 0.15) is 11.4 Å². The maximum atomic E-state index is 4.13. The molecule has 0 atom stereocenters. The maximum Gasteiger partial charge on any atom is 0.0712 e. The fourth-order valence-electron chi connectivity index (χ4n) is 1.20. The Balaban J connectivity index is 3.10. The first-order valence-electron chi connectivity index (χ1n) is 3.32. The molecule has 3 heteroatoms. The second kappa shape index (κ2) is 2.66. The molecule has 0 aromatic carbocycles. The van der Waals surface area contributed by atoms with Crippen LogP contribution in [0.15, 0.2) is 4.90 Å². The van der Waals surface area contributed by atoms with Crippen LogP contribution >= 0.6 is 10.9 Å². The molecule has 0 radical (unpaired) electrons. The highest BCUT2D eigenvalue weighted by atomic mass is 32.2. The first-order valence-corrected chi connectivity index (χ1v) is 5.55. The van der Waals surface area contributed by atoms with E-state index in [0.29, 0.717) is 0 Å². The van der Waals surface area contributed by atoms with Crippen molar-refractivity contribution in [3.63, 3.8) is 0 Å². The molecule has 0 aliphatic carbocycles. The van der Waals surface area contributed by atoms with Crippen LogP contribution in [0.5, 0.6) is 0 Å². The highest BCUT2D eigenvalue weighted by Crippen LogP contribution is 2.32. The molecule has 0 bridgehead atoms. The van der Waals surface area contributed by atoms with Crippen LogP contribution in [0.25, 0.3) is 0 Å². The summed E-state index contributed by atoms with van der Waals surface area (Å²) in [7, 11) is 0.00604. The number of aryl methyl sites for hydroxylation is 2. The van der Waals surface area contributed by atoms with E-state index in [1.165, 1.54) is 10.6 Å². The third kappa shape index (κ3) is 1.19. The number of rotatable bonds is 1. The van der Waals surface area contributed by atoms with Gasteiger partial charge in [0.1, 0.15) is 0 Å². The van der Waals surface area contributed by atoms with E-state index in [1.54, 1.807) is 0 Å². The Morgan fingerprint density at radius 2 is 1.90 bits per heavy atom. The molecule has 0 saturated heterocycles. The van der Waals surface area contributed by atoms with Gasteiger partial charge in [0.2, 0.25) is 0 Å². The summed E-state index contributed by atoms with van der Waals surface area (Å²) in [4.78, 5) is 1.43. The van der Waals surface area contributed by atoms with E-state index in [2.05, 4.69) is 36.6 Å². The van der Waals surface area contributed by atoms with Gasteiger partial charge in [-0.3, -0.25) is 5.10 Å². The van der Waals surface area contributed by atoms with Gasteiger partial charge >= 0.3 is 0 Å².